The van der Waals surface area contributed by atoms with Gasteiger partial charge in [0.25, 0.3) is 0 Å². The molecule has 1 aromatic carbocycles. The number of methoxy groups -OCH3 is 1. The second kappa shape index (κ2) is 12.1. The van der Waals surface area contributed by atoms with Crippen molar-refractivity contribution in [2.75, 3.05) is 13.7 Å². The zero-order valence-corrected chi connectivity index (χ0v) is 17.7. The van der Waals surface area contributed by atoms with Gasteiger partial charge in [0.2, 0.25) is 5.91 Å². The number of aryl methyl sites for hydroxylation is 1. The highest BCUT2D eigenvalue weighted by Gasteiger charge is 2.05. The molecule has 1 N–H and O–H groups in total. The number of allylic oxidation sites excluding steroid dienone is 2. The lowest BCUT2D eigenvalue weighted by atomic mass is 9.99. The molecule has 0 aliphatic heterocycles. The van der Waals surface area contributed by atoms with Crippen LogP contribution >= 0.6 is 0 Å². The van der Waals surface area contributed by atoms with Crippen LogP contribution in [0.5, 0.6) is 5.75 Å². The van der Waals surface area contributed by atoms with Crippen LogP contribution in [0.3, 0.4) is 0 Å². The zero-order chi connectivity index (χ0) is 21.7. The normalized spacial score (nSPS) is 11.5. The standard InChI is InChI=1S/C26H27N3O2/c1-31-24-14-12-22(13-15-24)25(23-9-6-17-28-20-23)10-4-11-26(30)29-18-3-2-7-21-8-5-16-27-19-21/h4-6,8-17,19-20H,2-3,7,18H2,1H3,(H,29,30)/b11-4+,25-10+. The number of ether oxygens (including phenoxy) is 1. The molecular weight excluding hydrogens is 386 g/mol. The Hall–Kier alpha value is -3.73. The molecule has 3 aromatic rings. The van der Waals surface area contributed by atoms with Crippen LogP contribution in [-0.2, 0) is 11.2 Å². The summed E-state index contributed by atoms with van der Waals surface area (Å²) >= 11 is 0. The third-order valence-electron chi connectivity index (χ3n) is 4.80. The van der Waals surface area contributed by atoms with E-state index < -0.39 is 0 Å². The van der Waals surface area contributed by atoms with Crippen LogP contribution in [0, 0.1) is 0 Å². The lowest BCUT2D eigenvalue weighted by Gasteiger charge is -2.08. The van der Waals surface area contributed by atoms with E-state index in [1.54, 1.807) is 31.7 Å². The molecule has 5 heteroatoms. The molecule has 5 nitrogen and oxygen atoms in total. The summed E-state index contributed by atoms with van der Waals surface area (Å²) in [5, 5.41) is 2.94. The predicted molar refractivity (Wildman–Crippen MR) is 124 cm³/mol. The second-order valence-electron chi connectivity index (χ2n) is 7.02. The first-order chi connectivity index (χ1) is 15.3. The Bertz CT molecular complexity index is 998. The summed E-state index contributed by atoms with van der Waals surface area (Å²) in [5.74, 6) is 0.700. The topological polar surface area (TPSA) is 64.1 Å². The van der Waals surface area contributed by atoms with E-state index in [0.717, 1.165) is 41.7 Å². The van der Waals surface area contributed by atoms with Gasteiger partial charge in [0, 0.05) is 43.0 Å². The summed E-state index contributed by atoms with van der Waals surface area (Å²) in [5.41, 5.74) is 4.21. The van der Waals surface area contributed by atoms with Gasteiger partial charge in [0.1, 0.15) is 5.75 Å². The van der Waals surface area contributed by atoms with Crippen LogP contribution in [0.2, 0.25) is 0 Å². The Morgan fingerprint density at radius 3 is 2.42 bits per heavy atom. The van der Waals surface area contributed by atoms with Crippen LogP contribution in [0.1, 0.15) is 29.5 Å². The van der Waals surface area contributed by atoms with Crippen molar-refractivity contribution >= 4 is 11.5 Å². The van der Waals surface area contributed by atoms with E-state index in [2.05, 4.69) is 21.4 Å². The van der Waals surface area contributed by atoms with Crippen LogP contribution in [0.15, 0.2) is 91.5 Å². The van der Waals surface area contributed by atoms with Crippen molar-refractivity contribution in [2.24, 2.45) is 0 Å². The minimum Gasteiger partial charge on any atom is -0.497 e. The molecule has 0 radical (unpaired) electrons. The molecule has 0 saturated heterocycles. The van der Waals surface area contributed by atoms with E-state index in [4.69, 9.17) is 4.74 Å². The van der Waals surface area contributed by atoms with Gasteiger partial charge >= 0.3 is 0 Å². The highest BCUT2D eigenvalue weighted by Crippen LogP contribution is 2.24. The maximum atomic E-state index is 12.1. The second-order valence-corrected chi connectivity index (χ2v) is 7.02. The molecule has 0 fully saturated rings. The molecule has 2 heterocycles. The monoisotopic (exact) mass is 413 g/mol. The van der Waals surface area contributed by atoms with E-state index in [1.165, 1.54) is 5.56 Å². The van der Waals surface area contributed by atoms with E-state index in [1.807, 2.05) is 60.9 Å². The van der Waals surface area contributed by atoms with E-state index >= 15 is 0 Å². The fourth-order valence-electron chi connectivity index (χ4n) is 3.15. The Labute approximate surface area is 183 Å². The Morgan fingerprint density at radius 1 is 0.968 bits per heavy atom. The largest absolute Gasteiger partial charge is 0.497 e. The quantitative estimate of drug-likeness (QED) is 0.299. The molecule has 0 bridgehead atoms. The van der Waals surface area contributed by atoms with E-state index in [9.17, 15) is 4.79 Å². The number of pyridine rings is 2. The summed E-state index contributed by atoms with van der Waals surface area (Å²) in [7, 11) is 1.65. The molecule has 158 valence electrons. The number of hydrogen-bond acceptors (Lipinski definition) is 4. The SMILES string of the molecule is COc1ccc(/C(=C\C=C\C(=O)NCCCCc2cccnc2)c2cccnc2)cc1. The van der Waals surface area contributed by atoms with Gasteiger partial charge in [-0.2, -0.15) is 0 Å². The average Bonchev–Trinajstić information content (AvgIpc) is 2.83. The number of benzene rings is 1. The number of unbranched alkanes of at least 4 members (excludes halogenated alkanes) is 1. The van der Waals surface area contributed by atoms with Crippen molar-refractivity contribution in [3.8, 4) is 5.75 Å². The summed E-state index contributed by atoms with van der Waals surface area (Å²) < 4.78 is 5.25. The molecular formula is C26H27N3O2. The maximum absolute atomic E-state index is 12.1. The van der Waals surface area contributed by atoms with Gasteiger partial charge in [0.15, 0.2) is 0 Å². The molecule has 0 spiro atoms. The zero-order valence-electron chi connectivity index (χ0n) is 17.7. The highest BCUT2D eigenvalue weighted by atomic mass is 16.5. The summed E-state index contributed by atoms with van der Waals surface area (Å²) in [6.45, 7) is 0.654. The van der Waals surface area contributed by atoms with Crippen LogP contribution in [0.4, 0.5) is 0 Å². The fourth-order valence-corrected chi connectivity index (χ4v) is 3.15. The Morgan fingerprint density at radius 2 is 1.74 bits per heavy atom. The Balaban J connectivity index is 1.55. The third-order valence-corrected chi connectivity index (χ3v) is 4.80. The van der Waals surface area contributed by atoms with Gasteiger partial charge in [-0.05, 0) is 60.2 Å². The van der Waals surface area contributed by atoms with Gasteiger partial charge in [0.05, 0.1) is 7.11 Å². The number of hydrogen-bond donors (Lipinski definition) is 1. The first kappa shape index (κ1) is 22.0. The summed E-state index contributed by atoms with van der Waals surface area (Å²) in [4.78, 5) is 20.5. The minimum absolute atomic E-state index is 0.0992. The van der Waals surface area contributed by atoms with Crippen molar-refractivity contribution < 1.29 is 9.53 Å². The highest BCUT2D eigenvalue weighted by molar-refractivity contribution is 5.88. The van der Waals surface area contributed by atoms with Gasteiger partial charge in [-0.3, -0.25) is 14.8 Å². The lowest BCUT2D eigenvalue weighted by Crippen LogP contribution is -2.22. The molecule has 0 atom stereocenters. The minimum atomic E-state index is -0.0992. The smallest absolute Gasteiger partial charge is 0.243 e. The van der Waals surface area contributed by atoms with Crippen molar-refractivity contribution in [2.45, 2.75) is 19.3 Å². The molecule has 3 rings (SSSR count). The molecule has 0 saturated carbocycles. The van der Waals surface area contributed by atoms with Crippen LogP contribution < -0.4 is 10.1 Å². The van der Waals surface area contributed by atoms with Gasteiger partial charge in [-0.25, -0.2) is 0 Å². The number of aromatic nitrogens is 2. The van der Waals surface area contributed by atoms with Crippen molar-refractivity contribution in [3.05, 3.63) is 108 Å². The predicted octanol–water partition coefficient (Wildman–Crippen LogP) is 4.61. The first-order valence-electron chi connectivity index (χ1n) is 10.4. The molecule has 1 amide bonds. The van der Waals surface area contributed by atoms with Crippen molar-refractivity contribution in [3.63, 3.8) is 0 Å². The third kappa shape index (κ3) is 7.23. The molecule has 31 heavy (non-hydrogen) atoms. The maximum Gasteiger partial charge on any atom is 0.243 e. The van der Waals surface area contributed by atoms with Gasteiger partial charge in [-0.15, -0.1) is 0 Å². The van der Waals surface area contributed by atoms with E-state index in [0.29, 0.717) is 6.54 Å². The number of carbonyl (C=O) groups excluding carboxylic acids is 1. The summed E-state index contributed by atoms with van der Waals surface area (Å²) in [6.07, 6.45) is 15.4. The molecule has 2 aromatic heterocycles. The lowest BCUT2D eigenvalue weighted by molar-refractivity contribution is -0.116. The molecule has 0 aliphatic rings. The van der Waals surface area contributed by atoms with Crippen LogP contribution in [-0.4, -0.2) is 29.5 Å². The van der Waals surface area contributed by atoms with Crippen LogP contribution in [0.25, 0.3) is 5.57 Å². The molecule has 0 aliphatic carbocycles. The summed E-state index contributed by atoms with van der Waals surface area (Å²) in [6, 6.07) is 15.7. The fraction of sp³-hybridized carbons (Fsp3) is 0.192. The van der Waals surface area contributed by atoms with Gasteiger partial charge < -0.3 is 10.1 Å². The number of nitrogens with zero attached hydrogens (tertiary/aromatic N) is 2. The number of rotatable bonds is 10. The molecule has 0 unspecified atom stereocenters. The van der Waals surface area contributed by atoms with E-state index in [-0.39, 0.29) is 5.91 Å². The first-order valence-corrected chi connectivity index (χ1v) is 10.4. The number of nitrogens with one attached hydrogen (secondary N) is 1. The number of carbonyl (C=O) groups is 1. The van der Waals surface area contributed by atoms with Crippen molar-refractivity contribution in [1.29, 1.82) is 0 Å². The average molecular weight is 414 g/mol. The number of amides is 1. The van der Waals surface area contributed by atoms with Crippen molar-refractivity contribution in [1.82, 2.24) is 15.3 Å². The van der Waals surface area contributed by atoms with Gasteiger partial charge in [-0.1, -0.05) is 36.4 Å². The Kier molecular flexibility index (Phi) is 8.56.